The van der Waals surface area contributed by atoms with Crippen molar-refractivity contribution in [1.29, 1.82) is 0 Å². The lowest BCUT2D eigenvalue weighted by atomic mass is 9.82. The number of phenols is 6. The number of carbonyl (C=O) groups excluding carboxylic acids is 2. The van der Waals surface area contributed by atoms with Gasteiger partial charge in [-0.05, 0) is 72.6 Å². The third kappa shape index (κ3) is 4.65. The molecule has 0 radical (unpaired) electrons. The predicted octanol–water partition coefficient (Wildman–Crippen LogP) is 7.33. The molecule has 0 aliphatic heterocycles. The fraction of sp³-hybridized carbons (Fsp3) is 0.353. The molecule has 8 nitrogen and oxygen atoms in total. The minimum Gasteiger partial charge on any atom is -0.507 e. The first-order valence-corrected chi connectivity index (χ1v) is 14.5. The predicted molar refractivity (Wildman–Crippen MR) is 164 cm³/mol. The maximum Gasteiger partial charge on any atom is 0.169 e. The third-order valence-electron chi connectivity index (χ3n) is 8.28. The first-order valence-electron chi connectivity index (χ1n) is 14.5. The van der Waals surface area contributed by atoms with Crippen molar-refractivity contribution >= 4 is 34.1 Å². The van der Waals surface area contributed by atoms with E-state index in [1.807, 2.05) is 13.8 Å². The fourth-order valence-electron chi connectivity index (χ4n) is 6.13. The Morgan fingerprint density at radius 3 is 1.19 bits per heavy atom. The monoisotopic (exact) mass is 574 g/mol. The smallest absolute Gasteiger partial charge is 0.169 e. The molecule has 0 unspecified atom stereocenters. The maximum atomic E-state index is 12.2. The largest absolute Gasteiger partial charge is 0.507 e. The van der Waals surface area contributed by atoms with Gasteiger partial charge in [-0.3, -0.25) is 9.59 Å². The van der Waals surface area contributed by atoms with E-state index >= 15 is 0 Å². The van der Waals surface area contributed by atoms with Gasteiger partial charge in [0.05, 0.1) is 11.1 Å². The van der Waals surface area contributed by atoms with Gasteiger partial charge in [0.25, 0.3) is 0 Å². The summed E-state index contributed by atoms with van der Waals surface area (Å²) < 4.78 is 0. The second-order valence-electron chi connectivity index (χ2n) is 10.7. The topological polar surface area (TPSA) is 156 Å². The fourth-order valence-corrected chi connectivity index (χ4v) is 6.13. The first-order chi connectivity index (χ1) is 20.1. The van der Waals surface area contributed by atoms with Gasteiger partial charge in [0.1, 0.15) is 11.5 Å². The summed E-state index contributed by atoms with van der Waals surface area (Å²) in [5.74, 6) is -2.80. The molecule has 0 heterocycles. The molecule has 0 amide bonds. The Balaban J connectivity index is 2.32. The number of benzene rings is 4. The van der Waals surface area contributed by atoms with E-state index in [4.69, 9.17) is 0 Å². The Labute approximate surface area is 244 Å². The highest BCUT2D eigenvalue weighted by atomic mass is 16.3. The maximum absolute atomic E-state index is 12.2. The molecule has 0 fully saturated rings. The van der Waals surface area contributed by atoms with Crippen LogP contribution in [0.1, 0.15) is 96.3 Å². The first kappa shape index (κ1) is 30.5. The van der Waals surface area contributed by atoms with E-state index in [0.29, 0.717) is 71.3 Å². The Hall–Kier alpha value is -4.46. The van der Waals surface area contributed by atoms with Crippen LogP contribution >= 0.6 is 0 Å². The van der Waals surface area contributed by atoms with Crippen LogP contribution in [0.2, 0.25) is 0 Å². The van der Waals surface area contributed by atoms with Gasteiger partial charge in [0, 0.05) is 33.0 Å². The molecule has 4 aromatic rings. The number of hydrogen-bond donors (Lipinski definition) is 6. The highest BCUT2D eigenvalue weighted by molar-refractivity contribution is 6.14. The zero-order valence-electron chi connectivity index (χ0n) is 24.5. The molecule has 4 aromatic carbocycles. The van der Waals surface area contributed by atoms with Gasteiger partial charge in [-0.2, -0.15) is 0 Å². The lowest BCUT2D eigenvalue weighted by Crippen LogP contribution is -2.02. The summed E-state index contributed by atoms with van der Waals surface area (Å²) in [7, 11) is 0. The quantitative estimate of drug-likeness (QED) is 0.0803. The van der Waals surface area contributed by atoms with Crippen molar-refractivity contribution in [3.63, 3.8) is 0 Å². The van der Waals surface area contributed by atoms with E-state index in [0.717, 1.165) is 25.7 Å². The average Bonchev–Trinajstić information content (AvgIpc) is 2.98. The lowest BCUT2D eigenvalue weighted by Gasteiger charge is -2.23. The van der Waals surface area contributed by atoms with E-state index in [-0.39, 0.29) is 44.5 Å². The summed E-state index contributed by atoms with van der Waals surface area (Å²) in [4.78, 5) is 24.4. The zero-order chi connectivity index (χ0) is 30.9. The highest BCUT2D eigenvalue weighted by Gasteiger charge is 2.29. The molecule has 0 saturated heterocycles. The van der Waals surface area contributed by atoms with Crippen LogP contribution in [0.25, 0.3) is 32.7 Å². The summed E-state index contributed by atoms with van der Waals surface area (Å²) in [6, 6.07) is 3.56. The molecule has 0 bridgehead atoms. The number of aromatic hydroxyl groups is 6. The third-order valence-corrected chi connectivity index (χ3v) is 8.28. The SMILES string of the molecule is CCCCc1cc2c(CC)c(O)c(O)c(C=O)c2c(O)c1-c1c(CCCC)cc2c(CC)c(O)c(O)c(C=O)c2c1O. The Morgan fingerprint density at radius 1 is 0.548 bits per heavy atom. The normalized spacial score (nSPS) is 11.4. The number of carbonyl (C=O) groups is 2. The van der Waals surface area contributed by atoms with Crippen LogP contribution < -0.4 is 0 Å². The van der Waals surface area contributed by atoms with E-state index in [1.165, 1.54) is 0 Å². The van der Waals surface area contributed by atoms with E-state index in [1.54, 1.807) is 26.0 Å². The molecule has 222 valence electrons. The number of rotatable bonds is 11. The number of fused-ring (bicyclic) bond motifs is 2. The lowest BCUT2D eigenvalue weighted by molar-refractivity contribution is 0.111. The summed E-state index contributed by atoms with van der Waals surface area (Å²) in [6.07, 6.45) is 5.48. The van der Waals surface area contributed by atoms with E-state index in [2.05, 4.69) is 0 Å². The molecule has 0 spiro atoms. The van der Waals surface area contributed by atoms with Crippen LogP contribution in [-0.2, 0) is 25.7 Å². The van der Waals surface area contributed by atoms with Gasteiger partial charge >= 0.3 is 0 Å². The van der Waals surface area contributed by atoms with Crippen molar-refractivity contribution in [3.8, 4) is 45.6 Å². The van der Waals surface area contributed by atoms with Crippen molar-refractivity contribution in [3.05, 3.63) is 45.5 Å². The number of aldehydes is 2. The second kappa shape index (κ2) is 12.2. The summed E-state index contributed by atoms with van der Waals surface area (Å²) in [5.41, 5.74) is 1.99. The molecule has 8 heteroatoms. The molecular weight excluding hydrogens is 536 g/mol. The number of unbranched alkanes of at least 4 members (excludes halogenated alkanes) is 2. The van der Waals surface area contributed by atoms with Crippen LogP contribution in [0, 0.1) is 0 Å². The Bertz CT molecular complexity index is 1590. The Morgan fingerprint density at radius 2 is 0.905 bits per heavy atom. The van der Waals surface area contributed by atoms with Gasteiger partial charge in [-0.1, -0.05) is 40.5 Å². The standard InChI is InChI=1S/C34H38O8/c1-5-9-11-17-13-21-19(7-3)29(37)31(39)23(15-35)27(21)33(41)25(17)26-18(12-10-6-2)14-22-20(8-4)30(38)32(40)24(16-36)28(22)34(26)42/h13-16,37-42H,5-12H2,1-4H3. The van der Waals surface area contributed by atoms with Crippen molar-refractivity contribution < 1.29 is 40.2 Å². The molecule has 4 rings (SSSR count). The Kier molecular flexibility index (Phi) is 8.85. The molecular formula is C34H38O8. The van der Waals surface area contributed by atoms with Gasteiger partial charge in [-0.25, -0.2) is 0 Å². The molecule has 0 atom stereocenters. The highest BCUT2D eigenvalue weighted by Crippen LogP contribution is 2.53. The van der Waals surface area contributed by atoms with Crippen molar-refractivity contribution in [2.45, 2.75) is 79.1 Å². The van der Waals surface area contributed by atoms with Gasteiger partial charge in [-0.15, -0.1) is 0 Å². The van der Waals surface area contributed by atoms with Gasteiger partial charge in [0.15, 0.2) is 35.6 Å². The summed E-state index contributed by atoms with van der Waals surface area (Å²) in [6.45, 7) is 7.61. The van der Waals surface area contributed by atoms with E-state index in [9.17, 15) is 40.2 Å². The average molecular weight is 575 g/mol. The molecule has 0 saturated carbocycles. The number of hydrogen-bond acceptors (Lipinski definition) is 8. The number of aryl methyl sites for hydroxylation is 4. The molecule has 0 aromatic heterocycles. The van der Waals surface area contributed by atoms with Gasteiger partial charge < -0.3 is 30.6 Å². The summed E-state index contributed by atoms with van der Waals surface area (Å²) >= 11 is 0. The molecule has 0 aliphatic carbocycles. The minimum atomic E-state index is -0.637. The van der Waals surface area contributed by atoms with Crippen molar-refractivity contribution in [2.75, 3.05) is 0 Å². The minimum absolute atomic E-state index is 0.0479. The zero-order valence-corrected chi connectivity index (χ0v) is 24.5. The molecule has 42 heavy (non-hydrogen) atoms. The number of phenolic OH excluding ortho intramolecular Hbond substituents is 6. The van der Waals surface area contributed by atoms with Crippen LogP contribution in [-0.4, -0.2) is 43.2 Å². The second-order valence-corrected chi connectivity index (χ2v) is 10.7. The van der Waals surface area contributed by atoms with Crippen LogP contribution in [0.5, 0.6) is 34.5 Å². The summed E-state index contributed by atoms with van der Waals surface area (Å²) in [5, 5.41) is 67.7. The molecule has 6 N–H and O–H groups in total. The van der Waals surface area contributed by atoms with Crippen LogP contribution in [0.3, 0.4) is 0 Å². The van der Waals surface area contributed by atoms with Crippen LogP contribution in [0.4, 0.5) is 0 Å². The van der Waals surface area contributed by atoms with E-state index < -0.39 is 23.0 Å². The van der Waals surface area contributed by atoms with Crippen LogP contribution in [0.15, 0.2) is 12.1 Å². The molecule has 0 aliphatic rings. The van der Waals surface area contributed by atoms with Crippen molar-refractivity contribution in [2.24, 2.45) is 0 Å². The van der Waals surface area contributed by atoms with Gasteiger partial charge in [0.2, 0.25) is 0 Å². The van der Waals surface area contributed by atoms with Crippen molar-refractivity contribution in [1.82, 2.24) is 0 Å².